The van der Waals surface area contributed by atoms with Crippen LogP contribution in [0.15, 0.2) is 84.9 Å². The third-order valence-electron chi connectivity index (χ3n) is 4.42. The van der Waals surface area contributed by atoms with Gasteiger partial charge in [-0.3, -0.25) is 4.79 Å². The Hall–Kier alpha value is -2.87. The van der Waals surface area contributed by atoms with Gasteiger partial charge in [0.25, 0.3) is 0 Å². The number of esters is 1. The highest BCUT2D eigenvalue weighted by Gasteiger charge is 2.26. The molecule has 3 aromatic carbocycles. The molecule has 0 saturated heterocycles. The van der Waals surface area contributed by atoms with Gasteiger partial charge in [0.15, 0.2) is 0 Å². The van der Waals surface area contributed by atoms with Crippen LogP contribution in [0, 0.1) is 6.92 Å². The molecular weight excluding hydrogens is 308 g/mol. The van der Waals surface area contributed by atoms with Crippen LogP contribution < -0.4 is 0 Å². The number of benzene rings is 3. The summed E-state index contributed by atoms with van der Waals surface area (Å²) >= 11 is 0. The first kappa shape index (κ1) is 17.0. The minimum absolute atomic E-state index is 0.229. The molecule has 3 aromatic rings. The first-order valence-corrected chi connectivity index (χ1v) is 8.52. The molecule has 126 valence electrons. The fourth-order valence-corrected chi connectivity index (χ4v) is 3.10. The molecule has 2 heteroatoms. The smallest absolute Gasteiger partial charge is 0.318 e. The Morgan fingerprint density at radius 2 is 1.24 bits per heavy atom. The average Bonchev–Trinajstić information content (AvgIpc) is 2.64. The molecule has 1 atom stereocenters. The van der Waals surface area contributed by atoms with E-state index in [0.717, 1.165) is 22.3 Å². The highest BCUT2D eigenvalue weighted by Crippen LogP contribution is 2.29. The number of carbonyl (C=O) groups excluding carboxylic acids is 1. The van der Waals surface area contributed by atoms with Gasteiger partial charge in [0.05, 0.1) is 0 Å². The molecule has 0 spiro atoms. The van der Waals surface area contributed by atoms with Gasteiger partial charge in [0.1, 0.15) is 12.0 Å². The highest BCUT2D eigenvalue weighted by molar-refractivity contribution is 5.82. The van der Waals surface area contributed by atoms with Crippen molar-refractivity contribution in [1.82, 2.24) is 0 Å². The molecular formula is C23H22O2. The summed E-state index contributed by atoms with van der Waals surface area (Å²) < 4.78 is 5.85. The van der Waals surface area contributed by atoms with Gasteiger partial charge >= 0.3 is 5.97 Å². The Morgan fingerprint density at radius 3 is 1.76 bits per heavy atom. The predicted octanol–water partition coefficient (Wildman–Crippen LogP) is 5.43. The second-order valence-electron chi connectivity index (χ2n) is 6.19. The van der Waals surface area contributed by atoms with E-state index in [9.17, 15) is 4.79 Å². The second kappa shape index (κ2) is 7.80. The van der Waals surface area contributed by atoms with E-state index in [1.54, 1.807) is 0 Å². The summed E-state index contributed by atoms with van der Waals surface area (Å²) in [7, 11) is 0. The average molecular weight is 330 g/mol. The Labute approximate surface area is 149 Å². The van der Waals surface area contributed by atoms with E-state index >= 15 is 0 Å². The van der Waals surface area contributed by atoms with Gasteiger partial charge in [-0.2, -0.15) is 0 Å². The van der Waals surface area contributed by atoms with Crippen LogP contribution in [0.3, 0.4) is 0 Å². The number of rotatable bonds is 5. The van der Waals surface area contributed by atoms with Crippen LogP contribution in [0.1, 0.15) is 41.2 Å². The molecule has 0 aromatic heterocycles. The van der Waals surface area contributed by atoms with Crippen LogP contribution in [0.25, 0.3) is 0 Å². The lowest BCUT2D eigenvalue weighted by Gasteiger charge is -2.21. The zero-order chi connectivity index (χ0) is 17.6. The van der Waals surface area contributed by atoms with Crippen LogP contribution >= 0.6 is 0 Å². The SMILES string of the molecule is Cc1ccccc1[C@@H](C)OC(=O)C(c1ccccc1)c1ccccc1. The monoisotopic (exact) mass is 330 g/mol. The van der Waals surface area contributed by atoms with Gasteiger partial charge in [-0.25, -0.2) is 0 Å². The van der Waals surface area contributed by atoms with Crippen LogP contribution in [0.5, 0.6) is 0 Å². The van der Waals surface area contributed by atoms with E-state index in [4.69, 9.17) is 4.74 Å². The number of carbonyl (C=O) groups is 1. The molecule has 0 radical (unpaired) electrons. The molecule has 0 aliphatic rings. The van der Waals surface area contributed by atoms with Crippen molar-refractivity contribution in [2.24, 2.45) is 0 Å². The molecule has 0 bridgehead atoms. The molecule has 0 N–H and O–H groups in total. The summed E-state index contributed by atoms with van der Waals surface area (Å²) in [6.45, 7) is 3.96. The maximum absolute atomic E-state index is 13.0. The number of ether oxygens (including phenoxy) is 1. The lowest BCUT2D eigenvalue weighted by atomic mass is 9.91. The number of hydrogen-bond acceptors (Lipinski definition) is 2. The molecule has 0 fully saturated rings. The summed E-state index contributed by atoms with van der Waals surface area (Å²) in [5.41, 5.74) is 4.04. The standard InChI is InChI=1S/C23H22O2/c1-17-11-9-10-16-21(17)18(2)25-23(24)22(19-12-5-3-6-13-19)20-14-7-4-8-15-20/h3-16,18,22H,1-2H3/t18-/m1/s1. The zero-order valence-electron chi connectivity index (χ0n) is 14.6. The molecule has 0 aliphatic heterocycles. The van der Waals surface area contributed by atoms with Crippen molar-refractivity contribution in [2.75, 3.05) is 0 Å². The minimum atomic E-state index is -0.422. The van der Waals surface area contributed by atoms with Crippen LogP contribution in [0.2, 0.25) is 0 Å². The largest absolute Gasteiger partial charge is 0.457 e. The Kier molecular flexibility index (Phi) is 5.30. The summed E-state index contributed by atoms with van der Waals surface area (Å²) in [5.74, 6) is -0.651. The molecule has 2 nitrogen and oxygen atoms in total. The lowest BCUT2D eigenvalue weighted by Crippen LogP contribution is -2.19. The zero-order valence-corrected chi connectivity index (χ0v) is 14.6. The molecule has 0 unspecified atom stereocenters. The summed E-state index contributed by atoms with van der Waals surface area (Å²) in [6, 6.07) is 27.6. The Morgan fingerprint density at radius 1 is 0.760 bits per heavy atom. The topological polar surface area (TPSA) is 26.3 Å². The third-order valence-corrected chi connectivity index (χ3v) is 4.42. The minimum Gasteiger partial charge on any atom is -0.457 e. The van der Waals surface area contributed by atoms with Crippen molar-refractivity contribution in [3.05, 3.63) is 107 Å². The normalized spacial score (nSPS) is 12.0. The van der Waals surface area contributed by atoms with Crippen molar-refractivity contribution < 1.29 is 9.53 Å². The quantitative estimate of drug-likeness (QED) is 0.583. The van der Waals surface area contributed by atoms with Crippen LogP contribution in [-0.4, -0.2) is 5.97 Å². The molecule has 25 heavy (non-hydrogen) atoms. The van der Waals surface area contributed by atoms with E-state index in [1.807, 2.05) is 98.8 Å². The van der Waals surface area contributed by atoms with Crippen molar-refractivity contribution in [1.29, 1.82) is 0 Å². The highest BCUT2D eigenvalue weighted by atomic mass is 16.5. The van der Waals surface area contributed by atoms with Gasteiger partial charge in [-0.15, -0.1) is 0 Å². The molecule has 0 aliphatic carbocycles. The second-order valence-corrected chi connectivity index (χ2v) is 6.19. The van der Waals surface area contributed by atoms with Gasteiger partial charge in [0.2, 0.25) is 0 Å². The van der Waals surface area contributed by atoms with Crippen molar-refractivity contribution >= 4 is 5.97 Å². The summed E-state index contributed by atoms with van der Waals surface area (Å²) in [4.78, 5) is 13.0. The van der Waals surface area contributed by atoms with Gasteiger partial charge in [-0.05, 0) is 36.1 Å². The maximum atomic E-state index is 13.0. The first-order chi connectivity index (χ1) is 12.2. The van der Waals surface area contributed by atoms with E-state index in [2.05, 4.69) is 0 Å². The van der Waals surface area contributed by atoms with E-state index in [-0.39, 0.29) is 12.1 Å². The fourth-order valence-electron chi connectivity index (χ4n) is 3.10. The maximum Gasteiger partial charge on any atom is 0.318 e. The lowest BCUT2D eigenvalue weighted by molar-refractivity contribution is -0.149. The van der Waals surface area contributed by atoms with Gasteiger partial charge in [0, 0.05) is 0 Å². The molecule has 0 heterocycles. The predicted molar refractivity (Wildman–Crippen MR) is 100 cm³/mol. The molecule has 0 saturated carbocycles. The molecule has 0 amide bonds. The van der Waals surface area contributed by atoms with E-state index in [1.165, 1.54) is 0 Å². The number of aryl methyl sites for hydroxylation is 1. The summed E-state index contributed by atoms with van der Waals surface area (Å²) in [6.07, 6.45) is -0.288. The van der Waals surface area contributed by atoms with Crippen LogP contribution in [-0.2, 0) is 9.53 Å². The third kappa shape index (κ3) is 3.97. The number of hydrogen-bond donors (Lipinski definition) is 0. The van der Waals surface area contributed by atoms with Crippen molar-refractivity contribution in [2.45, 2.75) is 25.9 Å². The Bertz CT molecular complexity index is 785. The van der Waals surface area contributed by atoms with Crippen molar-refractivity contribution in [3.63, 3.8) is 0 Å². The van der Waals surface area contributed by atoms with Crippen molar-refractivity contribution in [3.8, 4) is 0 Å². The van der Waals surface area contributed by atoms with Gasteiger partial charge < -0.3 is 4.74 Å². The van der Waals surface area contributed by atoms with Crippen LogP contribution in [0.4, 0.5) is 0 Å². The molecule has 3 rings (SSSR count). The Balaban J connectivity index is 1.89. The summed E-state index contributed by atoms with van der Waals surface area (Å²) in [5, 5.41) is 0. The van der Waals surface area contributed by atoms with E-state index in [0.29, 0.717) is 0 Å². The van der Waals surface area contributed by atoms with E-state index < -0.39 is 5.92 Å². The fraction of sp³-hybridized carbons (Fsp3) is 0.174. The van der Waals surface area contributed by atoms with Gasteiger partial charge in [-0.1, -0.05) is 84.9 Å². The first-order valence-electron chi connectivity index (χ1n) is 8.52.